The van der Waals surface area contributed by atoms with Crippen LogP contribution in [0.3, 0.4) is 0 Å². The maximum absolute atomic E-state index is 13.1. The molecule has 144 valence electrons. The molecule has 0 aliphatic carbocycles. The minimum Gasteiger partial charge on any atom is -0.497 e. The zero-order valence-electron chi connectivity index (χ0n) is 15.2. The van der Waals surface area contributed by atoms with Crippen LogP contribution < -0.4 is 9.47 Å². The predicted molar refractivity (Wildman–Crippen MR) is 98.4 cm³/mol. The predicted octanol–water partition coefficient (Wildman–Crippen LogP) is 1.25. The number of methoxy groups -OCH3 is 2. The number of nitrogens with zero attached hydrogens (tertiary/aromatic N) is 3. The zero-order chi connectivity index (χ0) is 19.4. The normalized spacial score (nSPS) is 15.4. The highest BCUT2D eigenvalue weighted by Crippen LogP contribution is 2.31. The molecule has 2 heterocycles. The van der Waals surface area contributed by atoms with Crippen LogP contribution in [-0.4, -0.2) is 68.9 Å². The fourth-order valence-corrected chi connectivity index (χ4v) is 4.50. The van der Waals surface area contributed by atoms with E-state index in [0.717, 1.165) is 0 Å². The highest BCUT2D eigenvalue weighted by atomic mass is 32.2. The first-order chi connectivity index (χ1) is 13.0. The number of hydrogen-bond donors (Lipinski definition) is 0. The van der Waals surface area contributed by atoms with Gasteiger partial charge in [0.1, 0.15) is 22.1 Å². The molecule has 0 bridgehead atoms. The lowest BCUT2D eigenvalue weighted by Gasteiger charge is -2.34. The monoisotopic (exact) mass is 391 g/mol. The second-order valence-corrected chi connectivity index (χ2v) is 7.83. The molecule has 0 spiro atoms. The van der Waals surface area contributed by atoms with Gasteiger partial charge in [-0.2, -0.15) is 4.31 Å². The van der Waals surface area contributed by atoms with Crippen molar-refractivity contribution in [1.82, 2.24) is 14.2 Å². The van der Waals surface area contributed by atoms with Gasteiger partial charge in [-0.3, -0.25) is 9.78 Å². The van der Waals surface area contributed by atoms with Gasteiger partial charge in [-0.25, -0.2) is 8.42 Å². The van der Waals surface area contributed by atoms with E-state index >= 15 is 0 Å². The smallest absolute Gasteiger partial charge is 0.272 e. The van der Waals surface area contributed by atoms with Crippen LogP contribution >= 0.6 is 0 Å². The number of ether oxygens (including phenoxy) is 2. The number of rotatable bonds is 5. The topological polar surface area (TPSA) is 89.0 Å². The molecule has 1 amide bonds. The van der Waals surface area contributed by atoms with Crippen molar-refractivity contribution < 1.29 is 22.7 Å². The molecule has 0 saturated carbocycles. The molecule has 8 nitrogen and oxygen atoms in total. The van der Waals surface area contributed by atoms with Gasteiger partial charge in [-0.05, 0) is 24.3 Å². The lowest BCUT2D eigenvalue weighted by atomic mass is 10.3. The molecular formula is C18H21N3O5S. The summed E-state index contributed by atoms with van der Waals surface area (Å²) >= 11 is 0. The molecular weight excluding hydrogens is 370 g/mol. The Morgan fingerprint density at radius 3 is 2.37 bits per heavy atom. The van der Waals surface area contributed by atoms with E-state index in [1.807, 2.05) is 0 Å². The highest BCUT2D eigenvalue weighted by Gasteiger charge is 2.32. The number of hydrogen-bond acceptors (Lipinski definition) is 6. The van der Waals surface area contributed by atoms with Crippen LogP contribution in [0, 0.1) is 0 Å². The molecule has 2 aromatic rings. The van der Waals surface area contributed by atoms with Gasteiger partial charge in [-0.15, -0.1) is 0 Å². The largest absolute Gasteiger partial charge is 0.497 e. The Hall–Kier alpha value is -2.65. The van der Waals surface area contributed by atoms with Crippen molar-refractivity contribution in [3.8, 4) is 11.5 Å². The van der Waals surface area contributed by atoms with Gasteiger partial charge in [-0.1, -0.05) is 6.07 Å². The summed E-state index contributed by atoms with van der Waals surface area (Å²) in [6.07, 6.45) is 1.56. The van der Waals surface area contributed by atoms with E-state index in [9.17, 15) is 13.2 Å². The van der Waals surface area contributed by atoms with Crippen LogP contribution in [0.25, 0.3) is 0 Å². The molecule has 0 N–H and O–H groups in total. The van der Waals surface area contributed by atoms with Crippen LogP contribution in [0.2, 0.25) is 0 Å². The van der Waals surface area contributed by atoms with Crippen LogP contribution in [0.1, 0.15) is 10.5 Å². The third-order valence-corrected chi connectivity index (χ3v) is 6.32. The summed E-state index contributed by atoms with van der Waals surface area (Å²) in [5.74, 6) is 0.479. The fraction of sp³-hybridized carbons (Fsp3) is 0.333. The molecule has 1 aromatic heterocycles. The summed E-state index contributed by atoms with van der Waals surface area (Å²) in [5.41, 5.74) is 0.350. The maximum atomic E-state index is 13.1. The van der Waals surface area contributed by atoms with Gasteiger partial charge < -0.3 is 14.4 Å². The second kappa shape index (κ2) is 7.93. The summed E-state index contributed by atoms with van der Waals surface area (Å²) in [4.78, 5) is 18.2. The minimum atomic E-state index is -3.78. The van der Waals surface area contributed by atoms with Crippen molar-refractivity contribution in [3.63, 3.8) is 0 Å². The Balaban J connectivity index is 1.76. The third-order valence-electron chi connectivity index (χ3n) is 4.40. The second-order valence-electron chi connectivity index (χ2n) is 5.93. The quantitative estimate of drug-likeness (QED) is 0.762. The number of aromatic nitrogens is 1. The first kappa shape index (κ1) is 19.1. The van der Waals surface area contributed by atoms with Crippen LogP contribution in [0.5, 0.6) is 11.5 Å². The molecule has 1 aromatic carbocycles. The van der Waals surface area contributed by atoms with Gasteiger partial charge in [0.15, 0.2) is 0 Å². The first-order valence-corrected chi connectivity index (χ1v) is 9.84. The fourth-order valence-electron chi connectivity index (χ4n) is 2.91. The maximum Gasteiger partial charge on any atom is 0.272 e. The van der Waals surface area contributed by atoms with Crippen LogP contribution in [-0.2, 0) is 10.0 Å². The Bertz CT molecular complexity index is 910. The number of sulfonamides is 1. The molecule has 1 fully saturated rings. The third kappa shape index (κ3) is 3.88. The van der Waals surface area contributed by atoms with E-state index in [-0.39, 0.29) is 29.6 Å². The first-order valence-electron chi connectivity index (χ1n) is 8.40. The minimum absolute atomic E-state index is 0.0499. The van der Waals surface area contributed by atoms with Crippen molar-refractivity contribution in [2.75, 3.05) is 40.4 Å². The lowest BCUT2D eigenvalue weighted by molar-refractivity contribution is 0.0692. The van der Waals surface area contributed by atoms with Crippen molar-refractivity contribution in [2.45, 2.75) is 4.90 Å². The van der Waals surface area contributed by atoms with E-state index in [0.29, 0.717) is 24.5 Å². The Morgan fingerprint density at radius 1 is 1.04 bits per heavy atom. The van der Waals surface area contributed by atoms with E-state index in [4.69, 9.17) is 9.47 Å². The van der Waals surface area contributed by atoms with Crippen LogP contribution in [0.4, 0.5) is 0 Å². The molecule has 1 aliphatic rings. The molecule has 0 atom stereocenters. The summed E-state index contributed by atoms with van der Waals surface area (Å²) < 4.78 is 37.8. The highest BCUT2D eigenvalue weighted by molar-refractivity contribution is 7.89. The van der Waals surface area contributed by atoms with Gasteiger partial charge >= 0.3 is 0 Å². The van der Waals surface area contributed by atoms with E-state index in [1.54, 1.807) is 41.4 Å². The molecule has 3 rings (SSSR count). The summed E-state index contributed by atoms with van der Waals surface area (Å²) in [6, 6.07) is 9.78. The van der Waals surface area contributed by atoms with Crippen molar-refractivity contribution in [1.29, 1.82) is 0 Å². The number of piperazine rings is 1. The van der Waals surface area contributed by atoms with Crippen molar-refractivity contribution in [2.24, 2.45) is 0 Å². The van der Waals surface area contributed by atoms with Gasteiger partial charge in [0.05, 0.1) is 14.2 Å². The van der Waals surface area contributed by atoms with Crippen molar-refractivity contribution >= 4 is 15.9 Å². The van der Waals surface area contributed by atoms with E-state index < -0.39 is 10.0 Å². The molecule has 0 unspecified atom stereocenters. The SMILES string of the molecule is COc1ccc(OC)c(S(=O)(=O)N2CCN(C(=O)c3ccccn3)CC2)c1. The van der Waals surface area contributed by atoms with Gasteiger partial charge in [0.25, 0.3) is 5.91 Å². The molecule has 9 heteroatoms. The number of amides is 1. The zero-order valence-corrected chi connectivity index (χ0v) is 16.0. The Labute approximate surface area is 158 Å². The summed E-state index contributed by atoms with van der Waals surface area (Å²) in [6.45, 7) is 0.977. The summed E-state index contributed by atoms with van der Waals surface area (Å²) in [7, 11) is -0.883. The van der Waals surface area contributed by atoms with Gasteiger partial charge in [0, 0.05) is 38.4 Å². The van der Waals surface area contributed by atoms with E-state index in [1.165, 1.54) is 24.6 Å². The lowest BCUT2D eigenvalue weighted by Crippen LogP contribution is -2.50. The Morgan fingerprint density at radius 2 is 1.78 bits per heavy atom. The molecule has 1 aliphatic heterocycles. The number of carbonyl (C=O) groups excluding carboxylic acids is 1. The number of carbonyl (C=O) groups is 1. The summed E-state index contributed by atoms with van der Waals surface area (Å²) in [5, 5.41) is 0. The molecule has 27 heavy (non-hydrogen) atoms. The molecule has 0 radical (unpaired) electrons. The average molecular weight is 391 g/mol. The standard InChI is InChI=1S/C18H21N3O5S/c1-25-14-6-7-16(26-2)17(13-14)27(23,24)21-11-9-20(10-12-21)18(22)15-5-3-4-8-19-15/h3-8,13H,9-12H2,1-2H3. The molecule has 1 saturated heterocycles. The number of pyridine rings is 1. The van der Waals surface area contributed by atoms with Gasteiger partial charge in [0.2, 0.25) is 10.0 Å². The van der Waals surface area contributed by atoms with Crippen molar-refractivity contribution in [3.05, 3.63) is 48.3 Å². The Kier molecular flexibility index (Phi) is 5.62. The average Bonchev–Trinajstić information content (AvgIpc) is 2.73. The van der Waals surface area contributed by atoms with E-state index in [2.05, 4.69) is 4.98 Å². The van der Waals surface area contributed by atoms with Crippen LogP contribution in [0.15, 0.2) is 47.5 Å². The number of benzene rings is 1.